The number of pyridine rings is 1. The lowest BCUT2D eigenvalue weighted by Crippen LogP contribution is -1.90. The lowest BCUT2D eigenvalue weighted by Gasteiger charge is -2.01. The van der Waals surface area contributed by atoms with Gasteiger partial charge in [-0.05, 0) is 18.2 Å². The molecular formula is C9H6BrFN2. The Morgan fingerprint density at radius 1 is 1.31 bits per heavy atom. The molecule has 1 heterocycles. The molecule has 0 unspecified atom stereocenters. The van der Waals surface area contributed by atoms with Crippen molar-refractivity contribution in [1.82, 2.24) is 4.98 Å². The van der Waals surface area contributed by atoms with Crippen molar-refractivity contribution in [3.05, 3.63) is 34.7 Å². The van der Waals surface area contributed by atoms with Gasteiger partial charge in [-0.15, -0.1) is 0 Å². The van der Waals surface area contributed by atoms with Gasteiger partial charge in [-0.25, -0.2) is 9.37 Å². The molecular weight excluding hydrogens is 235 g/mol. The molecule has 66 valence electrons. The van der Waals surface area contributed by atoms with Crippen molar-refractivity contribution in [2.45, 2.75) is 0 Å². The highest BCUT2D eigenvalue weighted by Crippen LogP contribution is 2.26. The first-order valence-electron chi connectivity index (χ1n) is 3.68. The summed E-state index contributed by atoms with van der Waals surface area (Å²) in [5.41, 5.74) is 5.45. The first kappa shape index (κ1) is 8.44. The van der Waals surface area contributed by atoms with Gasteiger partial charge in [0.1, 0.15) is 11.6 Å². The Hall–Kier alpha value is -1.16. The number of aromatic nitrogens is 1. The standard InChI is InChI=1S/C9H6BrFN2/c10-7-1-2-8(11)5-3-9(12)13-4-6(5)7/h1-4H,(H2,12,13). The van der Waals surface area contributed by atoms with Crippen LogP contribution < -0.4 is 5.73 Å². The fourth-order valence-corrected chi connectivity index (χ4v) is 1.63. The number of halogens is 2. The van der Waals surface area contributed by atoms with E-state index in [4.69, 9.17) is 5.73 Å². The Labute approximate surface area is 82.7 Å². The minimum absolute atomic E-state index is 0.285. The molecule has 0 bridgehead atoms. The normalized spacial score (nSPS) is 10.6. The molecule has 0 saturated heterocycles. The summed E-state index contributed by atoms with van der Waals surface area (Å²) in [6, 6.07) is 4.57. The molecule has 0 aliphatic carbocycles. The number of anilines is 1. The lowest BCUT2D eigenvalue weighted by molar-refractivity contribution is 0.639. The molecule has 0 aliphatic rings. The average Bonchev–Trinajstić information content (AvgIpc) is 2.12. The van der Waals surface area contributed by atoms with E-state index in [1.165, 1.54) is 12.1 Å². The van der Waals surface area contributed by atoms with E-state index in [9.17, 15) is 4.39 Å². The van der Waals surface area contributed by atoms with Gasteiger partial charge in [-0.2, -0.15) is 0 Å². The summed E-state index contributed by atoms with van der Waals surface area (Å²) >= 11 is 3.31. The number of rotatable bonds is 0. The number of nitrogens with two attached hydrogens (primary N) is 1. The number of benzene rings is 1. The smallest absolute Gasteiger partial charge is 0.131 e. The second-order valence-corrected chi connectivity index (χ2v) is 3.54. The van der Waals surface area contributed by atoms with Gasteiger partial charge in [0.2, 0.25) is 0 Å². The molecule has 0 amide bonds. The van der Waals surface area contributed by atoms with E-state index < -0.39 is 0 Å². The van der Waals surface area contributed by atoms with E-state index in [-0.39, 0.29) is 5.82 Å². The van der Waals surface area contributed by atoms with Crippen LogP contribution >= 0.6 is 15.9 Å². The largest absolute Gasteiger partial charge is 0.384 e. The second-order valence-electron chi connectivity index (χ2n) is 2.68. The summed E-state index contributed by atoms with van der Waals surface area (Å²) in [6.07, 6.45) is 1.55. The number of hydrogen-bond acceptors (Lipinski definition) is 2. The van der Waals surface area contributed by atoms with E-state index in [1.807, 2.05) is 0 Å². The molecule has 0 saturated carbocycles. The van der Waals surface area contributed by atoms with E-state index in [0.29, 0.717) is 11.2 Å². The third kappa shape index (κ3) is 1.37. The van der Waals surface area contributed by atoms with Crippen LogP contribution in [0.4, 0.5) is 10.2 Å². The molecule has 2 N–H and O–H groups in total. The number of hydrogen-bond donors (Lipinski definition) is 1. The van der Waals surface area contributed by atoms with Gasteiger partial charge in [0.25, 0.3) is 0 Å². The molecule has 13 heavy (non-hydrogen) atoms. The maximum Gasteiger partial charge on any atom is 0.131 e. The van der Waals surface area contributed by atoms with Crippen LogP contribution in [0.1, 0.15) is 0 Å². The molecule has 2 rings (SSSR count). The Kier molecular flexibility index (Phi) is 1.92. The third-order valence-corrected chi connectivity index (χ3v) is 2.51. The van der Waals surface area contributed by atoms with E-state index in [2.05, 4.69) is 20.9 Å². The van der Waals surface area contributed by atoms with Gasteiger partial charge in [0.05, 0.1) is 0 Å². The lowest BCUT2D eigenvalue weighted by atomic mass is 10.2. The first-order valence-corrected chi connectivity index (χ1v) is 4.47. The van der Waals surface area contributed by atoms with Gasteiger partial charge in [0.15, 0.2) is 0 Å². The molecule has 0 radical (unpaired) electrons. The van der Waals surface area contributed by atoms with Crippen LogP contribution in [0.5, 0.6) is 0 Å². The summed E-state index contributed by atoms with van der Waals surface area (Å²) in [5.74, 6) is 0.0387. The monoisotopic (exact) mass is 240 g/mol. The number of fused-ring (bicyclic) bond motifs is 1. The molecule has 1 aromatic carbocycles. The fourth-order valence-electron chi connectivity index (χ4n) is 1.19. The number of nitrogens with zero attached hydrogens (tertiary/aromatic N) is 1. The van der Waals surface area contributed by atoms with Crippen LogP contribution in [0, 0.1) is 5.82 Å². The molecule has 0 fully saturated rings. The molecule has 0 aliphatic heterocycles. The Bertz CT molecular complexity index is 470. The zero-order valence-corrected chi connectivity index (χ0v) is 8.18. The predicted octanol–water partition coefficient (Wildman–Crippen LogP) is 2.72. The highest BCUT2D eigenvalue weighted by Gasteiger charge is 2.04. The average molecular weight is 241 g/mol. The van der Waals surface area contributed by atoms with Crippen LogP contribution in [-0.4, -0.2) is 4.98 Å². The molecule has 2 aromatic rings. The minimum atomic E-state index is -0.285. The van der Waals surface area contributed by atoms with Crippen molar-refractivity contribution in [3.8, 4) is 0 Å². The van der Waals surface area contributed by atoms with Gasteiger partial charge in [0, 0.05) is 21.4 Å². The summed E-state index contributed by atoms with van der Waals surface area (Å²) in [6.45, 7) is 0. The van der Waals surface area contributed by atoms with Crippen molar-refractivity contribution in [1.29, 1.82) is 0 Å². The van der Waals surface area contributed by atoms with Crippen LogP contribution in [0.3, 0.4) is 0 Å². The Morgan fingerprint density at radius 3 is 2.85 bits per heavy atom. The van der Waals surface area contributed by atoms with Crippen molar-refractivity contribution in [2.24, 2.45) is 0 Å². The second kappa shape index (κ2) is 2.96. The van der Waals surface area contributed by atoms with Crippen LogP contribution in [0.15, 0.2) is 28.9 Å². The Morgan fingerprint density at radius 2 is 2.08 bits per heavy atom. The summed E-state index contributed by atoms with van der Waals surface area (Å²) in [5, 5.41) is 1.22. The predicted molar refractivity (Wildman–Crippen MR) is 53.8 cm³/mol. The zero-order chi connectivity index (χ0) is 9.42. The molecule has 2 nitrogen and oxygen atoms in total. The third-order valence-electron chi connectivity index (χ3n) is 1.82. The van der Waals surface area contributed by atoms with Gasteiger partial charge in [-0.1, -0.05) is 15.9 Å². The van der Waals surface area contributed by atoms with E-state index >= 15 is 0 Å². The molecule has 4 heteroatoms. The molecule has 0 atom stereocenters. The van der Waals surface area contributed by atoms with Gasteiger partial charge >= 0.3 is 0 Å². The SMILES string of the molecule is Nc1cc2c(F)ccc(Br)c2cn1. The number of nitrogen functional groups attached to an aromatic ring is 1. The fraction of sp³-hybridized carbons (Fsp3) is 0. The van der Waals surface area contributed by atoms with Crippen LogP contribution in [0.2, 0.25) is 0 Å². The quantitative estimate of drug-likeness (QED) is 0.770. The highest BCUT2D eigenvalue weighted by molar-refractivity contribution is 9.10. The van der Waals surface area contributed by atoms with Crippen LogP contribution in [-0.2, 0) is 0 Å². The van der Waals surface area contributed by atoms with Gasteiger partial charge < -0.3 is 5.73 Å². The zero-order valence-electron chi connectivity index (χ0n) is 6.59. The van der Waals surface area contributed by atoms with E-state index in [1.54, 1.807) is 12.3 Å². The summed E-state index contributed by atoms with van der Waals surface area (Å²) in [7, 11) is 0. The first-order chi connectivity index (χ1) is 6.18. The summed E-state index contributed by atoms with van der Waals surface area (Å²) < 4.78 is 14.1. The van der Waals surface area contributed by atoms with Gasteiger partial charge in [-0.3, -0.25) is 0 Å². The summed E-state index contributed by atoms with van der Waals surface area (Å²) in [4.78, 5) is 3.89. The maximum absolute atomic E-state index is 13.2. The van der Waals surface area contributed by atoms with Crippen LogP contribution in [0.25, 0.3) is 10.8 Å². The van der Waals surface area contributed by atoms with Crippen molar-refractivity contribution in [3.63, 3.8) is 0 Å². The highest BCUT2D eigenvalue weighted by atomic mass is 79.9. The molecule has 0 spiro atoms. The van der Waals surface area contributed by atoms with Crippen molar-refractivity contribution in [2.75, 3.05) is 5.73 Å². The van der Waals surface area contributed by atoms with Crippen molar-refractivity contribution >= 4 is 32.5 Å². The maximum atomic E-state index is 13.2. The topological polar surface area (TPSA) is 38.9 Å². The van der Waals surface area contributed by atoms with E-state index in [0.717, 1.165) is 9.86 Å². The molecule has 1 aromatic heterocycles. The minimum Gasteiger partial charge on any atom is -0.384 e. The Balaban J connectivity index is 2.92. The van der Waals surface area contributed by atoms with Crippen molar-refractivity contribution < 1.29 is 4.39 Å².